The fourth-order valence-electron chi connectivity index (χ4n) is 6.77. The van der Waals surface area contributed by atoms with E-state index in [0.29, 0.717) is 30.0 Å². The van der Waals surface area contributed by atoms with Gasteiger partial charge in [0.15, 0.2) is 11.9 Å². The summed E-state index contributed by atoms with van der Waals surface area (Å²) in [6, 6.07) is 17.4. The molecule has 4 aromatic carbocycles. The second-order valence-corrected chi connectivity index (χ2v) is 16.7. The Balaban J connectivity index is 0.000000300. The summed E-state index contributed by atoms with van der Waals surface area (Å²) in [6.07, 6.45) is 3.54. The predicted molar refractivity (Wildman–Crippen MR) is 270 cm³/mol. The van der Waals surface area contributed by atoms with E-state index in [9.17, 15) is 33.9 Å². The molecular weight excluding hydrogens is 990 g/mol. The largest absolute Gasteiger partial charge is 0.480 e. The zero-order chi connectivity index (χ0) is 50.4. The van der Waals surface area contributed by atoms with Crippen molar-refractivity contribution in [2.75, 3.05) is 7.11 Å². The van der Waals surface area contributed by atoms with Crippen molar-refractivity contribution in [3.8, 4) is 0 Å². The van der Waals surface area contributed by atoms with Crippen LogP contribution in [0.5, 0.6) is 0 Å². The van der Waals surface area contributed by atoms with E-state index in [0.717, 1.165) is 16.6 Å². The molecule has 2 amide bonds. The van der Waals surface area contributed by atoms with E-state index in [4.69, 9.17) is 74.1 Å². The number of guanidine groups is 2. The van der Waals surface area contributed by atoms with Crippen molar-refractivity contribution in [1.29, 1.82) is 0 Å². The molecule has 0 spiro atoms. The molecular formula is C46H50Cl4N12O8. The van der Waals surface area contributed by atoms with Crippen LogP contribution in [-0.4, -0.2) is 90.6 Å². The number of carboxylic acid groups (broad SMARTS) is 1. The van der Waals surface area contributed by atoms with Gasteiger partial charge < -0.3 is 52.5 Å². The molecule has 24 heteroatoms. The number of nitrogens with two attached hydrogens (primary N) is 4. The number of amides is 2. The van der Waals surface area contributed by atoms with E-state index >= 15 is 0 Å². The fourth-order valence-corrected chi connectivity index (χ4v) is 7.91. The Hall–Kier alpha value is -7.26. The molecule has 20 nitrogen and oxygen atoms in total. The molecule has 0 radical (unpaired) electrons. The maximum atomic E-state index is 12.7. The number of aryl methyl sites for hydroxylation is 2. The number of aromatic nitrogens is 4. The second-order valence-electron chi connectivity index (χ2n) is 15.1. The van der Waals surface area contributed by atoms with E-state index in [1.807, 2.05) is 4.57 Å². The van der Waals surface area contributed by atoms with E-state index in [1.54, 1.807) is 65.8 Å². The smallest absolute Gasteiger partial charge is 0.328 e. The highest BCUT2D eigenvalue weighted by atomic mass is 35.5. The van der Waals surface area contributed by atoms with Crippen LogP contribution < -0.4 is 33.6 Å². The molecule has 70 heavy (non-hydrogen) atoms. The number of aliphatic carboxylic acids is 1. The highest BCUT2D eigenvalue weighted by molar-refractivity contribution is 6.40. The number of rotatable bonds is 20. The van der Waals surface area contributed by atoms with Gasteiger partial charge in [0.1, 0.15) is 23.7 Å². The van der Waals surface area contributed by atoms with E-state index in [2.05, 4.69) is 30.6 Å². The van der Waals surface area contributed by atoms with Gasteiger partial charge >= 0.3 is 11.9 Å². The SMILES string of the molecule is C.COC(=O)[C@H](CCC(=O)CCn1cnc2ccc(N=C(N)N)cc21)NC(=O)c1c(Cl)cccc1Cl.NC(N)=Nc1ccc2ncn(CCC(=O)CC[C@H](NC(=O)c3c(Cl)cccc3Cl)C(=O)O)c2c1. The lowest BCUT2D eigenvalue weighted by atomic mass is 10.1. The standard InChI is InChI=1S/C23H24Cl2N6O4.C22H22Cl2N6O4.CH4/c1-35-22(34)18(30-21(33)20-15(24)3-2-4-16(20)25)8-6-14(32)9-10-31-12-28-17-7-5-13(11-19(17)31)29-23(26)27;23-14-2-1-3-15(24)19(14)20(32)29-17(21(33)34)7-5-13(31)8-9-30-11-27-16-6-4-12(10-18(16)30)28-22(25)26;/h2-5,7,11-12,18H,6,8-10H2,1H3,(H,30,33)(H4,26,27,29);1-4,6,10-11,17H,5,7-9H2,(H,29,32)(H,33,34)(H4,25,26,28);1H4/t18-;17-;/m00./s1. The minimum absolute atomic E-state index is 0. The summed E-state index contributed by atoms with van der Waals surface area (Å²) in [5, 5.41) is 14.9. The lowest BCUT2D eigenvalue weighted by molar-refractivity contribution is -0.143. The van der Waals surface area contributed by atoms with Gasteiger partial charge in [0.2, 0.25) is 0 Å². The highest BCUT2D eigenvalue weighted by Crippen LogP contribution is 2.27. The number of esters is 1. The van der Waals surface area contributed by atoms with Crippen LogP contribution in [0.4, 0.5) is 11.4 Å². The van der Waals surface area contributed by atoms with Gasteiger partial charge in [0.05, 0.1) is 84.4 Å². The molecule has 2 heterocycles. The molecule has 0 saturated heterocycles. The molecule has 370 valence electrons. The fraction of sp³-hybridized carbons (Fsp3) is 0.261. The third kappa shape index (κ3) is 15.4. The van der Waals surface area contributed by atoms with Gasteiger partial charge in [0, 0.05) is 38.8 Å². The maximum absolute atomic E-state index is 12.7. The van der Waals surface area contributed by atoms with Crippen LogP contribution >= 0.6 is 46.4 Å². The first-order valence-electron chi connectivity index (χ1n) is 20.8. The van der Waals surface area contributed by atoms with Gasteiger partial charge in [-0.05, 0) is 73.5 Å². The molecule has 2 atom stereocenters. The Bertz CT molecular complexity index is 2910. The average Bonchev–Trinajstić information content (AvgIpc) is 3.90. The lowest BCUT2D eigenvalue weighted by Gasteiger charge is -2.17. The summed E-state index contributed by atoms with van der Waals surface area (Å²) in [6.45, 7) is 0.699. The lowest BCUT2D eigenvalue weighted by Crippen LogP contribution is -2.42. The van der Waals surface area contributed by atoms with Crippen molar-refractivity contribution in [2.45, 2.75) is 71.1 Å². The van der Waals surface area contributed by atoms with Gasteiger partial charge in [-0.2, -0.15) is 0 Å². The number of hydrogen-bond donors (Lipinski definition) is 7. The molecule has 6 rings (SSSR count). The zero-order valence-electron chi connectivity index (χ0n) is 36.7. The van der Waals surface area contributed by atoms with Crippen LogP contribution in [-0.2, 0) is 37.0 Å². The summed E-state index contributed by atoms with van der Waals surface area (Å²) < 4.78 is 8.38. The Morgan fingerprint density at radius 2 is 1.01 bits per heavy atom. The van der Waals surface area contributed by atoms with E-state index in [1.165, 1.54) is 31.4 Å². The van der Waals surface area contributed by atoms with Crippen LogP contribution in [0, 0.1) is 0 Å². The first kappa shape index (κ1) is 55.3. The van der Waals surface area contributed by atoms with E-state index < -0.39 is 35.8 Å². The topological polar surface area (TPSA) is 320 Å². The predicted octanol–water partition coefficient (Wildman–Crippen LogP) is 6.47. The Labute approximate surface area is 421 Å². The third-order valence-electron chi connectivity index (χ3n) is 10.2. The number of fused-ring (bicyclic) bond motifs is 2. The summed E-state index contributed by atoms with van der Waals surface area (Å²) in [5.74, 6) is -3.71. The Kier molecular flexibility index (Phi) is 20.5. The van der Waals surface area contributed by atoms with Gasteiger partial charge in [-0.15, -0.1) is 0 Å². The number of carbonyl (C=O) groups is 6. The number of methoxy groups -OCH3 is 1. The molecule has 0 aliphatic carbocycles. The summed E-state index contributed by atoms with van der Waals surface area (Å²) in [7, 11) is 1.20. The number of nitrogens with one attached hydrogen (secondary N) is 2. The van der Waals surface area contributed by atoms with Crippen molar-refractivity contribution in [2.24, 2.45) is 32.9 Å². The first-order chi connectivity index (χ1) is 32.8. The molecule has 0 aliphatic rings. The summed E-state index contributed by atoms with van der Waals surface area (Å²) in [4.78, 5) is 90.6. The monoisotopic (exact) mass is 1040 g/mol. The number of carboxylic acids is 1. The van der Waals surface area contributed by atoms with Crippen LogP contribution in [0.3, 0.4) is 0 Å². The number of carbonyl (C=O) groups excluding carboxylic acids is 5. The molecule has 6 aromatic rings. The van der Waals surface area contributed by atoms with Gasteiger partial charge in [-0.1, -0.05) is 66.0 Å². The first-order valence-corrected chi connectivity index (χ1v) is 22.3. The number of ether oxygens (including phenoxy) is 1. The number of aliphatic imine (C=N–C) groups is 2. The quantitative estimate of drug-likeness (QED) is 0.0245. The molecule has 0 saturated carbocycles. The van der Waals surface area contributed by atoms with Crippen molar-refractivity contribution in [3.05, 3.63) is 117 Å². The van der Waals surface area contributed by atoms with Crippen molar-refractivity contribution in [3.63, 3.8) is 0 Å². The summed E-state index contributed by atoms with van der Waals surface area (Å²) in [5.41, 5.74) is 25.8. The van der Waals surface area contributed by atoms with Crippen LogP contribution in [0.15, 0.2) is 95.4 Å². The number of nitrogens with zero attached hydrogens (tertiary/aromatic N) is 6. The van der Waals surface area contributed by atoms with E-state index in [-0.39, 0.29) is 101 Å². The van der Waals surface area contributed by atoms with Crippen molar-refractivity contribution < 1.29 is 38.6 Å². The van der Waals surface area contributed by atoms with Crippen LogP contribution in [0.25, 0.3) is 22.1 Å². The van der Waals surface area contributed by atoms with Crippen molar-refractivity contribution >= 4 is 127 Å². The Morgan fingerprint density at radius 3 is 1.39 bits per heavy atom. The molecule has 11 N–H and O–H groups in total. The molecule has 2 aromatic heterocycles. The third-order valence-corrected chi connectivity index (χ3v) is 11.4. The second kappa shape index (κ2) is 25.9. The average molecular weight is 1040 g/mol. The number of Topliss-reactive ketones (excluding diaryl/α,β-unsaturated/α-hetero) is 2. The molecule has 0 unspecified atom stereocenters. The van der Waals surface area contributed by atoms with Crippen LogP contribution in [0.1, 0.15) is 66.7 Å². The number of ketones is 2. The number of hydrogen-bond acceptors (Lipinski definition) is 11. The maximum Gasteiger partial charge on any atom is 0.328 e. The zero-order valence-corrected chi connectivity index (χ0v) is 39.7. The minimum atomic E-state index is -1.28. The highest BCUT2D eigenvalue weighted by Gasteiger charge is 2.26. The van der Waals surface area contributed by atoms with Gasteiger partial charge in [-0.25, -0.2) is 29.5 Å². The minimum Gasteiger partial charge on any atom is -0.480 e. The normalized spacial score (nSPS) is 11.5. The number of benzene rings is 4. The molecule has 0 aliphatic heterocycles. The van der Waals surface area contributed by atoms with Gasteiger partial charge in [0.25, 0.3) is 11.8 Å². The van der Waals surface area contributed by atoms with Crippen molar-refractivity contribution in [1.82, 2.24) is 29.7 Å². The molecule has 0 bridgehead atoms. The summed E-state index contributed by atoms with van der Waals surface area (Å²) >= 11 is 24.2. The number of imidazole rings is 2. The van der Waals surface area contributed by atoms with Crippen LogP contribution in [0.2, 0.25) is 20.1 Å². The van der Waals surface area contributed by atoms with Gasteiger partial charge in [-0.3, -0.25) is 19.2 Å². The Morgan fingerprint density at radius 1 is 0.629 bits per heavy atom. The number of halogens is 4. The molecule has 0 fully saturated rings.